The minimum atomic E-state index is -5.71. The minimum Gasteiger partial charge on any atom is -0.376 e. The van der Waals surface area contributed by atoms with Crippen LogP contribution in [0.4, 0.5) is 13.2 Å². The lowest BCUT2D eigenvalue weighted by Gasteiger charge is -2.26. The van der Waals surface area contributed by atoms with Gasteiger partial charge in [0.2, 0.25) is 5.91 Å². The zero-order chi connectivity index (χ0) is 20.8. The molecule has 6 nitrogen and oxygen atoms in total. The van der Waals surface area contributed by atoms with Crippen molar-refractivity contribution in [1.82, 2.24) is 10.2 Å². The fraction of sp³-hybridized carbons (Fsp3) is 0.611. The lowest BCUT2D eigenvalue weighted by Crippen LogP contribution is -2.34. The first-order chi connectivity index (χ1) is 13.1. The van der Waals surface area contributed by atoms with Crippen LogP contribution in [0.5, 0.6) is 5.75 Å². The van der Waals surface area contributed by atoms with Gasteiger partial charge in [0.15, 0.2) is 0 Å². The number of nitrogens with one attached hydrogen (secondary N) is 1. The summed E-state index contributed by atoms with van der Waals surface area (Å²) in [6.07, 6.45) is 4.55. The van der Waals surface area contributed by atoms with Crippen LogP contribution in [-0.2, 0) is 14.9 Å². The summed E-state index contributed by atoms with van der Waals surface area (Å²) in [5.74, 6) is -1.19. The number of rotatable bonds is 8. The van der Waals surface area contributed by atoms with E-state index >= 15 is 0 Å². The lowest BCUT2D eigenvalue weighted by molar-refractivity contribution is -0.122. The molecule has 29 heavy (non-hydrogen) atoms. The molecule has 0 radical (unpaired) electrons. The Balaban J connectivity index is 0.00000420. The smallest absolute Gasteiger partial charge is 0.376 e. The van der Waals surface area contributed by atoms with Crippen LogP contribution in [0, 0.1) is 0 Å². The number of alkyl halides is 3. The fourth-order valence-corrected chi connectivity index (χ4v) is 3.45. The van der Waals surface area contributed by atoms with Crippen molar-refractivity contribution < 1.29 is 30.6 Å². The predicted octanol–water partition coefficient (Wildman–Crippen LogP) is 3.43. The average molecular weight is 459 g/mol. The molecule has 1 aromatic carbocycles. The zero-order valence-electron chi connectivity index (χ0n) is 16.1. The second-order valence-corrected chi connectivity index (χ2v) is 8.36. The Hall–Kier alpha value is -1.52. The lowest BCUT2D eigenvalue weighted by atomic mass is 10.0. The molecule has 166 valence electrons. The molecule has 1 saturated heterocycles. The van der Waals surface area contributed by atoms with Gasteiger partial charge in [0.25, 0.3) is 0 Å². The molecule has 0 bridgehead atoms. The van der Waals surface area contributed by atoms with E-state index in [0.717, 1.165) is 38.2 Å². The number of carbonyl (C=O) groups is 1. The fourth-order valence-electron chi connectivity index (χ4n) is 2.99. The SMILES string of the molecule is C[C@@H](C(=O)NCCCN1CCCCC1)c1ccc(OS(=O)(=O)C(F)(F)F)cc1.Cl. The van der Waals surface area contributed by atoms with Gasteiger partial charge in [0, 0.05) is 6.54 Å². The molecule has 0 saturated carbocycles. The van der Waals surface area contributed by atoms with E-state index in [9.17, 15) is 26.4 Å². The maximum atomic E-state index is 12.3. The van der Waals surface area contributed by atoms with Gasteiger partial charge in [-0.3, -0.25) is 4.79 Å². The highest BCUT2D eigenvalue weighted by atomic mass is 35.5. The van der Waals surface area contributed by atoms with Crippen molar-refractivity contribution in [3.8, 4) is 5.75 Å². The van der Waals surface area contributed by atoms with Crippen molar-refractivity contribution in [3.05, 3.63) is 29.8 Å². The molecule has 0 unspecified atom stereocenters. The van der Waals surface area contributed by atoms with Gasteiger partial charge in [0.1, 0.15) is 5.75 Å². The second-order valence-electron chi connectivity index (χ2n) is 6.82. The summed E-state index contributed by atoms with van der Waals surface area (Å²) >= 11 is 0. The molecule has 0 aromatic heterocycles. The third-order valence-electron chi connectivity index (χ3n) is 4.66. The predicted molar refractivity (Wildman–Crippen MR) is 106 cm³/mol. The Morgan fingerprint density at radius 1 is 1.17 bits per heavy atom. The number of amides is 1. The maximum Gasteiger partial charge on any atom is 0.534 e. The summed E-state index contributed by atoms with van der Waals surface area (Å²) in [6, 6.07) is 4.94. The van der Waals surface area contributed by atoms with Crippen molar-refractivity contribution in [1.29, 1.82) is 0 Å². The number of nitrogens with zero attached hydrogens (tertiary/aromatic N) is 1. The standard InChI is InChI=1S/C18H25F3N2O4S.ClH/c1-14(17(24)22-10-5-13-23-11-3-2-4-12-23)15-6-8-16(9-7-15)27-28(25,26)18(19,20)21;/h6-9,14H,2-5,10-13H2,1H3,(H,22,24);1H/t14-;/m1./s1. The van der Waals surface area contributed by atoms with Crippen LogP contribution in [0.1, 0.15) is 44.1 Å². The number of carbonyl (C=O) groups excluding carboxylic acids is 1. The largest absolute Gasteiger partial charge is 0.534 e. The van der Waals surface area contributed by atoms with Crippen molar-refractivity contribution in [2.24, 2.45) is 0 Å². The number of likely N-dealkylation sites (tertiary alicyclic amines) is 1. The van der Waals surface area contributed by atoms with Gasteiger partial charge < -0.3 is 14.4 Å². The van der Waals surface area contributed by atoms with Crippen molar-refractivity contribution in [3.63, 3.8) is 0 Å². The van der Waals surface area contributed by atoms with Crippen LogP contribution in [0.25, 0.3) is 0 Å². The Kier molecular flexibility index (Phi) is 9.70. The van der Waals surface area contributed by atoms with E-state index in [2.05, 4.69) is 14.4 Å². The summed E-state index contributed by atoms with van der Waals surface area (Å²) in [6.45, 7) is 5.35. The highest BCUT2D eigenvalue weighted by Gasteiger charge is 2.48. The molecule has 11 heteroatoms. The first-order valence-electron chi connectivity index (χ1n) is 9.21. The molecular formula is C18H26ClF3N2O4S. The van der Waals surface area contributed by atoms with Gasteiger partial charge >= 0.3 is 15.6 Å². The summed E-state index contributed by atoms with van der Waals surface area (Å²) in [7, 11) is -5.71. The molecule has 1 N–H and O–H groups in total. The van der Waals surface area contributed by atoms with E-state index in [1.165, 1.54) is 31.4 Å². The average Bonchev–Trinajstić information content (AvgIpc) is 2.65. The van der Waals surface area contributed by atoms with Gasteiger partial charge in [-0.15, -0.1) is 12.4 Å². The van der Waals surface area contributed by atoms with Gasteiger partial charge in [-0.1, -0.05) is 18.6 Å². The summed E-state index contributed by atoms with van der Waals surface area (Å²) in [5.41, 5.74) is -4.95. The number of hydrogen-bond donors (Lipinski definition) is 1. The van der Waals surface area contributed by atoms with Crippen LogP contribution in [0.15, 0.2) is 24.3 Å². The number of hydrogen-bond acceptors (Lipinski definition) is 5. The topological polar surface area (TPSA) is 75.7 Å². The number of piperidine rings is 1. The summed E-state index contributed by atoms with van der Waals surface area (Å²) < 4.78 is 63.0. The number of benzene rings is 1. The van der Waals surface area contributed by atoms with Gasteiger partial charge in [-0.25, -0.2) is 0 Å². The third kappa shape index (κ3) is 7.67. The maximum absolute atomic E-state index is 12.3. The van der Waals surface area contributed by atoms with E-state index in [4.69, 9.17) is 0 Å². The van der Waals surface area contributed by atoms with Gasteiger partial charge in [-0.05, 0) is 63.5 Å². The molecule has 1 heterocycles. The molecule has 1 fully saturated rings. The minimum absolute atomic E-state index is 0. The Labute approximate surface area is 175 Å². The summed E-state index contributed by atoms with van der Waals surface area (Å²) in [5, 5.41) is 2.85. The van der Waals surface area contributed by atoms with Crippen molar-refractivity contribution in [2.75, 3.05) is 26.2 Å². The second kappa shape index (κ2) is 11.0. The van der Waals surface area contributed by atoms with Crippen LogP contribution in [-0.4, -0.2) is 50.9 Å². The molecule has 0 aliphatic carbocycles. The van der Waals surface area contributed by atoms with Gasteiger partial charge in [-0.2, -0.15) is 21.6 Å². The van der Waals surface area contributed by atoms with Gasteiger partial charge in [0.05, 0.1) is 5.92 Å². The monoisotopic (exact) mass is 458 g/mol. The van der Waals surface area contributed by atoms with Crippen LogP contribution >= 0.6 is 12.4 Å². The first kappa shape index (κ1) is 25.5. The highest BCUT2D eigenvalue weighted by molar-refractivity contribution is 7.88. The van der Waals surface area contributed by atoms with Crippen LogP contribution < -0.4 is 9.50 Å². The molecule has 1 amide bonds. The van der Waals surface area contributed by atoms with E-state index in [1.54, 1.807) is 6.92 Å². The number of halogens is 4. The van der Waals surface area contributed by atoms with Crippen LogP contribution in [0.2, 0.25) is 0 Å². The van der Waals surface area contributed by atoms with E-state index in [-0.39, 0.29) is 18.3 Å². The normalized spacial score (nSPS) is 16.6. The van der Waals surface area contributed by atoms with E-state index in [0.29, 0.717) is 12.1 Å². The Morgan fingerprint density at radius 2 is 1.76 bits per heavy atom. The molecular weight excluding hydrogens is 433 g/mol. The molecule has 1 aliphatic heterocycles. The first-order valence-corrected chi connectivity index (χ1v) is 10.6. The molecule has 1 atom stereocenters. The Morgan fingerprint density at radius 3 is 2.31 bits per heavy atom. The summed E-state index contributed by atoms with van der Waals surface area (Å²) in [4.78, 5) is 14.6. The van der Waals surface area contributed by atoms with E-state index < -0.39 is 27.3 Å². The highest BCUT2D eigenvalue weighted by Crippen LogP contribution is 2.28. The molecule has 1 aromatic rings. The van der Waals surface area contributed by atoms with Crippen molar-refractivity contribution in [2.45, 2.75) is 44.0 Å². The van der Waals surface area contributed by atoms with E-state index in [1.807, 2.05) is 0 Å². The van der Waals surface area contributed by atoms with Crippen molar-refractivity contribution >= 4 is 28.4 Å². The third-order valence-corrected chi connectivity index (χ3v) is 5.64. The quantitative estimate of drug-likeness (QED) is 0.367. The molecule has 0 spiro atoms. The molecule has 2 rings (SSSR count). The molecule has 1 aliphatic rings. The van der Waals surface area contributed by atoms with Crippen LogP contribution in [0.3, 0.4) is 0 Å². The zero-order valence-corrected chi connectivity index (χ0v) is 17.7. The Bertz CT molecular complexity index is 751.